The number of hydrogen-bond acceptors (Lipinski definition) is 2. The maximum absolute atomic E-state index is 5.63. The van der Waals surface area contributed by atoms with Crippen LogP contribution in [0.15, 0.2) is 36.6 Å². The van der Waals surface area contributed by atoms with Crippen molar-refractivity contribution < 1.29 is 9.47 Å². The highest BCUT2D eigenvalue weighted by molar-refractivity contribution is 7.27. The smallest absolute Gasteiger partial charge is 0.121 e. The van der Waals surface area contributed by atoms with E-state index in [9.17, 15) is 0 Å². The summed E-state index contributed by atoms with van der Waals surface area (Å²) in [6.07, 6.45) is 6.21. The lowest BCUT2D eigenvalue weighted by molar-refractivity contribution is 0.0109. The quantitative estimate of drug-likeness (QED) is 0.747. The first kappa shape index (κ1) is 11.6. The molecule has 2 nitrogen and oxygen atoms in total. The zero-order valence-electron chi connectivity index (χ0n) is 9.26. The average molecular weight is 236 g/mol. The van der Waals surface area contributed by atoms with Crippen LogP contribution in [-0.2, 0) is 16.1 Å². The summed E-state index contributed by atoms with van der Waals surface area (Å²) < 4.78 is 11.1. The molecule has 0 aromatic heterocycles. The van der Waals surface area contributed by atoms with E-state index in [1.807, 2.05) is 6.08 Å². The third-order valence-electron chi connectivity index (χ3n) is 2.57. The van der Waals surface area contributed by atoms with E-state index < -0.39 is 0 Å². The summed E-state index contributed by atoms with van der Waals surface area (Å²) in [5.41, 5.74) is 1.21. The van der Waals surface area contributed by atoms with Crippen LogP contribution >= 0.6 is 9.24 Å². The van der Waals surface area contributed by atoms with Crippen molar-refractivity contribution in [1.29, 1.82) is 0 Å². The molecule has 0 saturated heterocycles. The summed E-state index contributed by atoms with van der Waals surface area (Å²) in [7, 11) is 2.68. The standard InChI is InChI=1S/C13H17O2P/c16-13-6-4-11(5-7-13)9-14-10-12-3-1-2-8-15-12/h2,4-8,12H,1,3,9-10,16H2. The Labute approximate surface area is 98.8 Å². The minimum atomic E-state index is 0.228. The highest BCUT2D eigenvalue weighted by atomic mass is 31.0. The van der Waals surface area contributed by atoms with Crippen molar-refractivity contribution in [2.75, 3.05) is 6.61 Å². The van der Waals surface area contributed by atoms with E-state index in [0.29, 0.717) is 13.2 Å². The molecule has 2 unspecified atom stereocenters. The molecule has 1 aromatic rings. The number of rotatable bonds is 4. The van der Waals surface area contributed by atoms with Crippen LogP contribution < -0.4 is 5.30 Å². The van der Waals surface area contributed by atoms with Crippen LogP contribution in [0.4, 0.5) is 0 Å². The Morgan fingerprint density at radius 2 is 2.12 bits per heavy atom. The largest absolute Gasteiger partial charge is 0.496 e. The lowest BCUT2D eigenvalue weighted by Gasteiger charge is -2.19. The minimum Gasteiger partial charge on any atom is -0.496 e. The van der Waals surface area contributed by atoms with Gasteiger partial charge in [0.05, 0.1) is 19.5 Å². The number of ether oxygens (including phenoxy) is 2. The van der Waals surface area contributed by atoms with Crippen LogP contribution in [0.3, 0.4) is 0 Å². The second-order valence-electron chi connectivity index (χ2n) is 3.96. The molecule has 0 bridgehead atoms. The highest BCUT2D eigenvalue weighted by Crippen LogP contribution is 2.11. The number of benzene rings is 1. The van der Waals surface area contributed by atoms with Crippen molar-refractivity contribution in [3.05, 3.63) is 42.2 Å². The first-order valence-electron chi connectivity index (χ1n) is 5.57. The van der Waals surface area contributed by atoms with Gasteiger partial charge in [-0.05, 0) is 29.8 Å². The zero-order chi connectivity index (χ0) is 11.2. The van der Waals surface area contributed by atoms with Gasteiger partial charge in [0, 0.05) is 0 Å². The molecule has 1 aliphatic heterocycles. The van der Waals surface area contributed by atoms with E-state index in [-0.39, 0.29) is 6.10 Å². The van der Waals surface area contributed by atoms with Crippen LogP contribution in [0.2, 0.25) is 0 Å². The molecular formula is C13H17O2P. The Balaban J connectivity index is 1.71. The van der Waals surface area contributed by atoms with Gasteiger partial charge >= 0.3 is 0 Å². The van der Waals surface area contributed by atoms with E-state index in [1.165, 1.54) is 10.9 Å². The Hall–Kier alpha value is -0.850. The second-order valence-corrected chi connectivity index (χ2v) is 4.63. The van der Waals surface area contributed by atoms with Crippen molar-refractivity contribution in [2.45, 2.75) is 25.6 Å². The van der Waals surface area contributed by atoms with Gasteiger partial charge in [0.2, 0.25) is 0 Å². The molecule has 0 amide bonds. The van der Waals surface area contributed by atoms with E-state index in [1.54, 1.807) is 6.26 Å². The molecule has 1 aliphatic rings. The minimum absolute atomic E-state index is 0.228. The summed E-state index contributed by atoms with van der Waals surface area (Å²) in [6, 6.07) is 8.32. The van der Waals surface area contributed by atoms with Crippen molar-refractivity contribution in [3.8, 4) is 0 Å². The van der Waals surface area contributed by atoms with Crippen LogP contribution in [0.1, 0.15) is 18.4 Å². The molecule has 1 heterocycles. The first-order chi connectivity index (χ1) is 7.84. The molecular weight excluding hydrogens is 219 g/mol. The lowest BCUT2D eigenvalue weighted by Crippen LogP contribution is -2.19. The Kier molecular flexibility index (Phi) is 4.38. The van der Waals surface area contributed by atoms with E-state index in [0.717, 1.165) is 12.8 Å². The van der Waals surface area contributed by atoms with E-state index >= 15 is 0 Å². The summed E-state index contributed by atoms with van der Waals surface area (Å²) in [4.78, 5) is 0. The topological polar surface area (TPSA) is 18.5 Å². The van der Waals surface area contributed by atoms with Gasteiger partial charge in [-0.1, -0.05) is 24.3 Å². The molecule has 0 fully saturated rings. The van der Waals surface area contributed by atoms with Crippen molar-refractivity contribution >= 4 is 14.5 Å². The fourth-order valence-corrected chi connectivity index (χ4v) is 1.82. The monoisotopic (exact) mass is 236 g/mol. The molecule has 0 spiro atoms. The highest BCUT2D eigenvalue weighted by Gasteiger charge is 2.10. The molecule has 86 valence electrons. The number of hydrogen-bond donors (Lipinski definition) is 0. The maximum Gasteiger partial charge on any atom is 0.121 e. The van der Waals surface area contributed by atoms with Crippen molar-refractivity contribution in [2.24, 2.45) is 0 Å². The number of allylic oxidation sites excluding steroid dienone is 1. The summed E-state index contributed by atoms with van der Waals surface area (Å²) >= 11 is 0. The third kappa shape index (κ3) is 3.62. The maximum atomic E-state index is 5.63. The van der Waals surface area contributed by atoms with Crippen molar-refractivity contribution in [3.63, 3.8) is 0 Å². The van der Waals surface area contributed by atoms with E-state index in [4.69, 9.17) is 9.47 Å². The molecule has 1 aromatic carbocycles. The van der Waals surface area contributed by atoms with Crippen LogP contribution in [-0.4, -0.2) is 12.7 Å². The predicted molar refractivity (Wildman–Crippen MR) is 68.7 cm³/mol. The second kappa shape index (κ2) is 6.03. The summed E-state index contributed by atoms with van der Waals surface area (Å²) in [6.45, 7) is 1.33. The molecule has 0 N–H and O–H groups in total. The zero-order valence-corrected chi connectivity index (χ0v) is 10.4. The predicted octanol–water partition coefficient (Wildman–Crippen LogP) is 2.40. The van der Waals surface area contributed by atoms with Gasteiger partial charge in [-0.25, -0.2) is 0 Å². The molecule has 16 heavy (non-hydrogen) atoms. The fraction of sp³-hybridized carbons (Fsp3) is 0.385. The van der Waals surface area contributed by atoms with Crippen LogP contribution in [0.25, 0.3) is 0 Å². The molecule has 3 heteroatoms. The van der Waals surface area contributed by atoms with Crippen LogP contribution in [0.5, 0.6) is 0 Å². The van der Waals surface area contributed by atoms with Crippen LogP contribution in [0, 0.1) is 0 Å². The van der Waals surface area contributed by atoms with Gasteiger partial charge in [-0.2, -0.15) is 0 Å². The van der Waals surface area contributed by atoms with Gasteiger partial charge in [0.15, 0.2) is 0 Å². The Morgan fingerprint density at radius 3 is 2.81 bits per heavy atom. The molecule has 2 atom stereocenters. The summed E-state index contributed by atoms with van der Waals surface area (Å²) in [5, 5.41) is 1.20. The molecule has 0 radical (unpaired) electrons. The molecule has 2 rings (SSSR count). The average Bonchev–Trinajstić information content (AvgIpc) is 2.33. The van der Waals surface area contributed by atoms with E-state index in [2.05, 4.69) is 33.5 Å². The SMILES string of the molecule is Pc1ccc(COCC2CCC=CO2)cc1. The van der Waals surface area contributed by atoms with Crippen molar-refractivity contribution in [1.82, 2.24) is 0 Å². The van der Waals surface area contributed by atoms with Gasteiger partial charge in [-0.15, -0.1) is 9.24 Å². The Morgan fingerprint density at radius 1 is 1.31 bits per heavy atom. The fourth-order valence-electron chi connectivity index (χ4n) is 1.63. The lowest BCUT2D eigenvalue weighted by atomic mass is 10.2. The first-order valence-corrected chi connectivity index (χ1v) is 6.15. The van der Waals surface area contributed by atoms with Gasteiger partial charge in [0.1, 0.15) is 6.10 Å². The molecule has 0 saturated carbocycles. The van der Waals surface area contributed by atoms with Gasteiger partial charge in [-0.3, -0.25) is 0 Å². The van der Waals surface area contributed by atoms with Gasteiger partial charge in [0.25, 0.3) is 0 Å². The third-order valence-corrected chi connectivity index (χ3v) is 2.96. The normalized spacial score (nSPS) is 19.4. The molecule has 0 aliphatic carbocycles. The summed E-state index contributed by atoms with van der Waals surface area (Å²) in [5.74, 6) is 0. The Bertz CT molecular complexity index is 345. The van der Waals surface area contributed by atoms with Gasteiger partial charge < -0.3 is 9.47 Å².